The van der Waals surface area contributed by atoms with Crippen LogP contribution in [0, 0.1) is 0 Å². The number of nitrogens with zero attached hydrogens (tertiary/aromatic N) is 5. The Bertz CT molecular complexity index is 990. The van der Waals surface area contributed by atoms with Crippen LogP contribution in [0.4, 0.5) is 5.82 Å². The maximum Gasteiger partial charge on any atom is 0.344 e. The van der Waals surface area contributed by atoms with Gasteiger partial charge in [0, 0.05) is 38.0 Å². The third kappa shape index (κ3) is 3.39. The van der Waals surface area contributed by atoms with Crippen LogP contribution in [-0.4, -0.2) is 43.1 Å². The van der Waals surface area contributed by atoms with Crippen molar-refractivity contribution in [3.63, 3.8) is 0 Å². The van der Waals surface area contributed by atoms with Crippen LogP contribution in [0.3, 0.4) is 0 Å². The maximum absolute atomic E-state index is 12.3. The molecule has 2 aromatic rings. The van der Waals surface area contributed by atoms with E-state index in [0.717, 1.165) is 35.9 Å². The number of halogens is 1. The number of aromatic nitrogens is 5. The fraction of sp³-hybridized carbons (Fsp3) is 0.611. The highest BCUT2D eigenvalue weighted by molar-refractivity contribution is 6.30. The van der Waals surface area contributed by atoms with Crippen molar-refractivity contribution in [1.82, 2.24) is 25.0 Å². The van der Waals surface area contributed by atoms with Gasteiger partial charge in [0.25, 0.3) is 5.56 Å². The molecule has 0 aromatic carbocycles. The van der Waals surface area contributed by atoms with Crippen LogP contribution in [0.2, 0.25) is 5.15 Å². The summed E-state index contributed by atoms with van der Waals surface area (Å²) >= 11 is 6.12. The molecule has 0 aliphatic carbocycles. The van der Waals surface area contributed by atoms with Gasteiger partial charge in [-0.15, -0.1) is 15.3 Å². The minimum Gasteiger partial charge on any atom is -0.473 e. The molecule has 4 heterocycles. The minimum atomic E-state index is -0.512. The van der Waals surface area contributed by atoms with Crippen molar-refractivity contribution in [3.8, 4) is 5.88 Å². The summed E-state index contributed by atoms with van der Waals surface area (Å²) in [4.78, 5) is 28.3. The number of nitrogens with one attached hydrogen (secondary N) is 1. The number of hydrogen-bond donors (Lipinski definition) is 1. The van der Waals surface area contributed by atoms with E-state index in [9.17, 15) is 9.59 Å². The lowest BCUT2D eigenvalue weighted by Gasteiger charge is -2.38. The molecule has 0 saturated carbocycles. The normalized spacial score (nSPS) is 24.0. The fourth-order valence-electron chi connectivity index (χ4n) is 4.21. The number of ether oxygens (including phenoxy) is 1. The van der Waals surface area contributed by atoms with Crippen LogP contribution in [-0.2, 0) is 7.05 Å². The summed E-state index contributed by atoms with van der Waals surface area (Å²) in [7, 11) is 1.53. The first-order valence-corrected chi connectivity index (χ1v) is 9.87. The van der Waals surface area contributed by atoms with E-state index in [1.54, 1.807) is 0 Å². The SMILES string of the molecule is CC(C)c1cc(OC2C[C@H]3CC[C@@H](C2)N3c2nn(C)c(=O)[nH]c2=O)nnc1Cl. The Hall–Kier alpha value is -2.42. The largest absolute Gasteiger partial charge is 0.473 e. The van der Waals surface area contributed by atoms with Gasteiger partial charge in [-0.05, 0) is 24.3 Å². The first-order chi connectivity index (χ1) is 13.3. The van der Waals surface area contributed by atoms with Crippen LogP contribution >= 0.6 is 11.6 Å². The highest BCUT2D eigenvalue weighted by Gasteiger charge is 2.43. The maximum atomic E-state index is 12.3. The number of H-pyrrole nitrogens is 1. The van der Waals surface area contributed by atoms with Crippen LogP contribution in [0.1, 0.15) is 51.0 Å². The van der Waals surface area contributed by atoms with Crippen LogP contribution in [0.25, 0.3) is 0 Å². The molecule has 0 amide bonds. The summed E-state index contributed by atoms with van der Waals surface area (Å²) in [5, 5.41) is 12.7. The molecule has 3 atom stereocenters. The van der Waals surface area contributed by atoms with Gasteiger partial charge < -0.3 is 9.64 Å². The standard InChI is InChI=1S/C18H23ClN6O3/c1-9(2)13-8-14(21-22-15(13)19)28-12-6-10-4-5-11(7-12)25(10)16-17(26)20-18(27)24(3)23-16/h8-12H,4-7H2,1-3H3,(H,20,26,27)/t10-,11+,12?. The summed E-state index contributed by atoms with van der Waals surface area (Å²) in [6.45, 7) is 4.09. The smallest absolute Gasteiger partial charge is 0.344 e. The van der Waals surface area contributed by atoms with Gasteiger partial charge in [-0.2, -0.15) is 0 Å². The Morgan fingerprint density at radius 3 is 2.54 bits per heavy atom. The van der Waals surface area contributed by atoms with Crippen molar-refractivity contribution < 1.29 is 4.74 Å². The molecule has 2 bridgehead atoms. The van der Waals surface area contributed by atoms with Crippen LogP contribution in [0.5, 0.6) is 5.88 Å². The Balaban J connectivity index is 1.53. The second kappa shape index (κ2) is 7.20. The van der Waals surface area contributed by atoms with Crippen molar-refractivity contribution in [3.05, 3.63) is 37.6 Å². The Kier molecular flexibility index (Phi) is 4.86. The van der Waals surface area contributed by atoms with E-state index in [1.807, 2.05) is 24.8 Å². The summed E-state index contributed by atoms with van der Waals surface area (Å²) in [6, 6.07) is 2.13. The quantitative estimate of drug-likeness (QED) is 0.822. The van der Waals surface area contributed by atoms with Gasteiger partial charge in [-0.1, -0.05) is 25.4 Å². The second-order valence-electron chi connectivity index (χ2n) is 7.79. The van der Waals surface area contributed by atoms with Crippen LogP contribution in [0.15, 0.2) is 15.7 Å². The number of piperidine rings is 1. The molecule has 2 saturated heterocycles. The van der Waals surface area contributed by atoms with Gasteiger partial charge >= 0.3 is 5.69 Å². The lowest BCUT2D eigenvalue weighted by molar-refractivity contribution is 0.142. The van der Waals surface area contributed by atoms with E-state index >= 15 is 0 Å². The molecule has 2 aliphatic heterocycles. The van der Waals surface area contributed by atoms with Crippen molar-refractivity contribution in [2.45, 2.75) is 63.6 Å². The summed E-state index contributed by atoms with van der Waals surface area (Å²) in [5.41, 5.74) is -0.0425. The molecule has 4 rings (SSSR count). The predicted octanol–water partition coefficient (Wildman–Crippen LogP) is 1.61. The topological polar surface area (TPSA) is 106 Å². The lowest BCUT2D eigenvalue weighted by atomic mass is 9.99. The Morgan fingerprint density at radius 2 is 1.89 bits per heavy atom. The summed E-state index contributed by atoms with van der Waals surface area (Å²) in [5.74, 6) is 1.01. The molecule has 2 fully saturated rings. The zero-order chi connectivity index (χ0) is 20.0. The van der Waals surface area contributed by atoms with E-state index in [2.05, 4.69) is 20.3 Å². The zero-order valence-corrected chi connectivity index (χ0v) is 16.8. The number of aryl methyl sites for hydroxylation is 1. The monoisotopic (exact) mass is 406 g/mol. The van der Waals surface area contributed by atoms with Crippen molar-refractivity contribution in [1.29, 1.82) is 0 Å². The van der Waals surface area contributed by atoms with Gasteiger partial charge in [-0.25, -0.2) is 9.48 Å². The fourth-order valence-corrected chi connectivity index (χ4v) is 4.52. The minimum absolute atomic E-state index is 0.0177. The van der Waals surface area contributed by atoms with E-state index in [1.165, 1.54) is 7.05 Å². The molecule has 0 radical (unpaired) electrons. The molecule has 9 nitrogen and oxygen atoms in total. The van der Waals surface area contributed by atoms with E-state index in [4.69, 9.17) is 16.3 Å². The molecule has 1 N–H and O–H groups in total. The molecule has 2 aromatic heterocycles. The van der Waals surface area contributed by atoms with Gasteiger partial charge in [0.05, 0.1) is 0 Å². The number of hydrogen-bond acceptors (Lipinski definition) is 7. The first-order valence-electron chi connectivity index (χ1n) is 9.49. The number of aromatic amines is 1. The third-order valence-corrected chi connectivity index (χ3v) is 5.85. The van der Waals surface area contributed by atoms with E-state index in [0.29, 0.717) is 16.9 Å². The second-order valence-corrected chi connectivity index (χ2v) is 8.15. The summed E-state index contributed by atoms with van der Waals surface area (Å²) < 4.78 is 7.28. The zero-order valence-electron chi connectivity index (χ0n) is 16.1. The first kappa shape index (κ1) is 18.9. The van der Waals surface area contributed by atoms with Crippen LogP contribution < -0.4 is 20.9 Å². The Labute approximate surface area is 166 Å². The molecular formula is C18H23ClN6O3. The van der Waals surface area contributed by atoms with Crippen molar-refractivity contribution in [2.75, 3.05) is 4.90 Å². The average molecular weight is 407 g/mol. The average Bonchev–Trinajstić information content (AvgIpc) is 2.89. The lowest BCUT2D eigenvalue weighted by Crippen LogP contribution is -2.50. The third-order valence-electron chi connectivity index (χ3n) is 5.56. The summed E-state index contributed by atoms with van der Waals surface area (Å²) in [6.07, 6.45) is 3.40. The molecule has 1 unspecified atom stereocenters. The number of rotatable bonds is 4. The number of fused-ring (bicyclic) bond motifs is 2. The molecule has 28 heavy (non-hydrogen) atoms. The molecule has 2 aliphatic rings. The van der Waals surface area contributed by atoms with Crippen molar-refractivity contribution in [2.24, 2.45) is 7.05 Å². The predicted molar refractivity (Wildman–Crippen MR) is 104 cm³/mol. The Morgan fingerprint density at radius 1 is 1.21 bits per heavy atom. The van der Waals surface area contributed by atoms with E-state index < -0.39 is 11.2 Å². The highest BCUT2D eigenvalue weighted by Crippen LogP contribution is 2.38. The molecule has 0 spiro atoms. The van der Waals surface area contributed by atoms with Gasteiger partial charge in [0.15, 0.2) is 5.15 Å². The van der Waals surface area contributed by atoms with Gasteiger partial charge in [0.1, 0.15) is 6.10 Å². The van der Waals surface area contributed by atoms with E-state index in [-0.39, 0.29) is 24.1 Å². The van der Waals surface area contributed by atoms with Gasteiger partial charge in [-0.3, -0.25) is 9.78 Å². The molecule has 10 heteroatoms. The highest BCUT2D eigenvalue weighted by atomic mass is 35.5. The molecular weight excluding hydrogens is 384 g/mol. The molecule has 150 valence electrons. The number of anilines is 1. The van der Waals surface area contributed by atoms with Gasteiger partial charge in [0.2, 0.25) is 11.7 Å². The van der Waals surface area contributed by atoms with Crippen molar-refractivity contribution >= 4 is 17.4 Å².